The Kier molecular flexibility index (Phi) is 4.71. The van der Waals surface area contributed by atoms with Gasteiger partial charge in [0.25, 0.3) is 0 Å². The van der Waals surface area contributed by atoms with Crippen LogP contribution in [0.2, 0.25) is 0 Å². The minimum atomic E-state index is -0.401. The largest absolute Gasteiger partial charge is 0.465 e. The first-order valence-corrected chi connectivity index (χ1v) is 7.48. The highest BCUT2D eigenvalue weighted by molar-refractivity contribution is 5.68. The van der Waals surface area contributed by atoms with Crippen LogP contribution in [-0.2, 0) is 16.1 Å². The number of carbonyl (C=O) groups is 1. The molecule has 10 heteroatoms. The number of ether oxygens (including phenoxy) is 1. The number of esters is 1. The molecule has 2 aromatic heterocycles. The maximum Gasteiger partial charge on any atom is 0.329 e. The number of tetrazole rings is 1. The number of nitrogens with zero attached hydrogens (tertiary/aromatic N) is 7. The van der Waals surface area contributed by atoms with Crippen LogP contribution in [0.1, 0.15) is 6.92 Å². The van der Waals surface area contributed by atoms with Crippen molar-refractivity contribution in [2.75, 3.05) is 37.7 Å². The van der Waals surface area contributed by atoms with Crippen LogP contribution in [0.25, 0.3) is 11.4 Å². The van der Waals surface area contributed by atoms with Gasteiger partial charge in [0.05, 0.1) is 12.2 Å². The summed E-state index contributed by atoms with van der Waals surface area (Å²) in [6.45, 7) is 5.61. The summed E-state index contributed by atoms with van der Waals surface area (Å²) >= 11 is 0. The Labute approximate surface area is 132 Å². The minimum Gasteiger partial charge on any atom is -0.465 e. The van der Waals surface area contributed by atoms with Gasteiger partial charge in [0.2, 0.25) is 11.8 Å². The molecule has 1 aliphatic rings. The molecule has 0 unspecified atom stereocenters. The highest BCUT2D eigenvalue weighted by Crippen LogP contribution is 2.14. The molecule has 0 atom stereocenters. The summed E-state index contributed by atoms with van der Waals surface area (Å²) in [6.07, 6.45) is 3.33. The van der Waals surface area contributed by atoms with E-state index in [-0.39, 0.29) is 6.54 Å². The molecular formula is C13H18N8O2. The summed E-state index contributed by atoms with van der Waals surface area (Å²) in [5.74, 6) is 0.664. The molecule has 122 valence electrons. The fourth-order valence-electron chi connectivity index (χ4n) is 2.21. The average molecular weight is 318 g/mol. The Hall–Kier alpha value is -2.62. The van der Waals surface area contributed by atoms with Gasteiger partial charge in [0.1, 0.15) is 0 Å². The van der Waals surface area contributed by atoms with Crippen molar-refractivity contribution >= 4 is 11.9 Å². The zero-order chi connectivity index (χ0) is 16.1. The van der Waals surface area contributed by atoms with Gasteiger partial charge in [-0.05, 0) is 12.1 Å². The van der Waals surface area contributed by atoms with Crippen LogP contribution in [0.5, 0.6) is 0 Å². The average Bonchev–Trinajstić information content (AvgIpc) is 3.04. The monoisotopic (exact) mass is 318 g/mol. The lowest BCUT2D eigenvalue weighted by Crippen LogP contribution is -2.44. The minimum absolute atomic E-state index is 0.0689. The number of hydrogen-bond acceptors (Lipinski definition) is 9. The standard InChI is InChI=1S/C13H18N8O2/c1-2-23-11(22)9-21-18-12(17-19-21)10-7-15-13(16-8-10)20-5-3-14-4-6-20/h7-8,14H,2-6,9H2,1H3. The Morgan fingerprint density at radius 1 is 1.30 bits per heavy atom. The number of rotatable bonds is 5. The van der Waals surface area contributed by atoms with Crippen molar-refractivity contribution in [1.82, 2.24) is 35.5 Å². The summed E-state index contributed by atoms with van der Waals surface area (Å²) in [5.41, 5.74) is 0.652. The number of piperazine rings is 1. The second-order valence-electron chi connectivity index (χ2n) is 4.96. The van der Waals surface area contributed by atoms with E-state index in [2.05, 4.69) is 35.6 Å². The molecule has 0 amide bonds. The lowest BCUT2D eigenvalue weighted by molar-refractivity contribution is -0.144. The first-order valence-electron chi connectivity index (χ1n) is 7.48. The predicted octanol–water partition coefficient (Wildman–Crippen LogP) is -0.897. The summed E-state index contributed by atoms with van der Waals surface area (Å²) in [5, 5.41) is 15.2. The van der Waals surface area contributed by atoms with Crippen LogP contribution < -0.4 is 10.2 Å². The Balaban J connectivity index is 1.67. The van der Waals surface area contributed by atoms with E-state index in [1.807, 2.05) is 0 Å². The normalized spacial score (nSPS) is 14.7. The fraction of sp³-hybridized carbons (Fsp3) is 0.538. The molecule has 0 bridgehead atoms. The van der Waals surface area contributed by atoms with E-state index in [4.69, 9.17) is 4.74 Å². The predicted molar refractivity (Wildman–Crippen MR) is 80.6 cm³/mol. The van der Waals surface area contributed by atoms with Crippen molar-refractivity contribution in [3.63, 3.8) is 0 Å². The molecule has 3 heterocycles. The maximum atomic E-state index is 11.4. The third kappa shape index (κ3) is 3.77. The third-order valence-corrected chi connectivity index (χ3v) is 3.32. The Morgan fingerprint density at radius 2 is 2.04 bits per heavy atom. The van der Waals surface area contributed by atoms with Crippen LogP contribution in [0, 0.1) is 0 Å². The van der Waals surface area contributed by atoms with Gasteiger partial charge < -0.3 is 15.0 Å². The molecule has 1 aliphatic heterocycles. The molecule has 1 saturated heterocycles. The molecule has 0 saturated carbocycles. The van der Waals surface area contributed by atoms with E-state index in [0.717, 1.165) is 26.2 Å². The summed E-state index contributed by atoms with van der Waals surface area (Å²) in [7, 11) is 0. The van der Waals surface area contributed by atoms with E-state index in [1.165, 1.54) is 4.80 Å². The molecule has 0 radical (unpaired) electrons. The second-order valence-corrected chi connectivity index (χ2v) is 4.96. The summed E-state index contributed by atoms with van der Waals surface area (Å²) < 4.78 is 4.84. The van der Waals surface area contributed by atoms with Gasteiger partial charge >= 0.3 is 5.97 Å². The zero-order valence-electron chi connectivity index (χ0n) is 12.8. The van der Waals surface area contributed by atoms with E-state index in [0.29, 0.717) is 23.9 Å². The van der Waals surface area contributed by atoms with Gasteiger partial charge in [-0.1, -0.05) is 0 Å². The highest BCUT2D eigenvalue weighted by atomic mass is 16.5. The van der Waals surface area contributed by atoms with E-state index in [9.17, 15) is 4.79 Å². The summed E-state index contributed by atoms with van der Waals surface area (Å²) in [6, 6.07) is 0. The maximum absolute atomic E-state index is 11.4. The lowest BCUT2D eigenvalue weighted by Gasteiger charge is -2.27. The van der Waals surface area contributed by atoms with E-state index >= 15 is 0 Å². The van der Waals surface area contributed by atoms with Gasteiger partial charge in [-0.2, -0.15) is 4.80 Å². The molecule has 23 heavy (non-hydrogen) atoms. The quantitative estimate of drug-likeness (QED) is 0.701. The van der Waals surface area contributed by atoms with Gasteiger partial charge in [0, 0.05) is 38.6 Å². The fourth-order valence-corrected chi connectivity index (χ4v) is 2.21. The van der Waals surface area contributed by atoms with Gasteiger partial charge in [-0.25, -0.2) is 14.8 Å². The van der Waals surface area contributed by atoms with Crippen LogP contribution in [-0.4, -0.2) is 68.9 Å². The molecule has 0 spiro atoms. The van der Waals surface area contributed by atoms with Crippen LogP contribution >= 0.6 is 0 Å². The number of carbonyl (C=O) groups excluding carboxylic acids is 1. The third-order valence-electron chi connectivity index (χ3n) is 3.32. The van der Waals surface area contributed by atoms with Crippen molar-refractivity contribution < 1.29 is 9.53 Å². The van der Waals surface area contributed by atoms with Crippen molar-refractivity contribution in [1.29, 1.82) is 0 Å². The van der Waals surface area contributed by atoms with Crippen molar-refractivity contribution in [3.8, 4) is 11.4 Å². The first kappa shape index (κ1) is 15.3. The molecule has 3 rings (SSSR count). The van der Waals surface area contributed by atoms with Crippen LogP contribution in [0.15, 0.2) is 12.4 Å². The summed E-state index contributed by atoms with van der Waals surface area (Å²) in [4.78, 5) is 23.4. The molecule has 1 fully saturated rings. The van der Waals surface area contributed by atoms with Crippen molar-refractivity contribution in [2.24, 2.45) is 0 Å². The zero-order valence-corrected chi connectivity index (χ0v) is 12.8. The number of aromatic nitrogens is 6. The van der Waals surface area contributed by atoms with E-state index < -0.39 is 5.97 Å². The lowest BCUT2D eigenvalue weighted by atomic mass is 10.3. The molecule has 0 aromatic carbocycles. The van der Waals surface area contributed by atoms with Crippen LogP contribution in [0.3, 0.4) is 0 Å². The van der Waals surface area contributed by atoms with Crippen molar-refractivity contribution in [2.45, 2.75) is 13.5 Å². The molecule has 2 aromatic rings. The number of nitrogens with one attached hydrogen (secondary N) is 1. The molecule has 10 nitrogen and oxygen atoms in total. The number of anilines is 1. The highest BCUT2D eigenvalue weighted by Gasteiger charge is 2.14. The Morgan fingerprint density at radius 3 is 2.74 bits per heavy atom. The van der Waals surface area contributed by atoms with Crippen LogP contribution in [0.4, 0.5) is 5.95 Å². The molecular weight excluding hydrogens is 300 g/mol. The van der Waals surface area contributed by atoms with Crippen molar-refractivity contribution in [3.05, 3.63) is 12.4 Å². The van der Waals surface area contributed by atoms with E-state index in [1.54, 1.807) is 19.3 Å². The van der Waals surface area contributed by atoms with Gasteiger partial charge in [0.15, 0.2) is 6.54 Å². The van der Waals surface area contributed by atoms with Gasteiger partial charge in [-0.15, -0.1) is 10.2 Å². The second kappa shape index (κ2) is 7.09. The Bertz CT molecular complexity index is 650. The van der Waals surface area contributed by atoms with Gasteiger partial charge in [-0.3, -0.25) is 0 Å². The number of hydrogen-bond donors (Lipinski definition) is 1. The molecule has 0 aliphatic carbocycles. The topological polar surface area (TPSA) is 111 Å². The molecule has 1 N–H and O–H groups in total. The SMILES string of the molecule is CCOC(=O)Cn1nnc(-c2cnc(N3CCNCC3)nc2)n1. The smallest absolute Gasteiger partial charge is 0.329 e. The first-order chi connectivity index (χ1) is 11.3.